The molecular formula is C106H82BN3OSi3. The van der Waals surface area contributed by atoms with Crippen LogP contribution in [0.25, 0.3) is 11.1 Å². The quantitative estimate of drug-likeness (QED) is 0.0709. The molecule has 0 atom stereocenters. The summed E-state index contributed by atoms with van der Waals surface area (Å²) >= 11 is 0. The zero-order valence-corrected chi connectivity index (χ0v) is 67.0. The first-order chi connectivity index (χ1) is 56.2. The molecule has 0 aromatic heterocycles. The number of hydrogen-bond donors (Lipinski definition) is 0. The van der Waals surface area contributed by atoms with Crippen LogP contribution in [-0.2, 0) is 5.41 Å². The standard InChI is InChI=1S/C106H82BN3OSi3/c1-106(2,3)78-65-70-96(93(71-78)77-39-14-4-15-40-77)110-100-76-92(114(87-54-28-11-29-55-87,88-56-30-12-31-57-88)89-58-32-13-33-59-89)67-69-95(100)107-94-68-66-91(113(84-48-22-8-23-49-84,85-50-24-9-25-51-85)86-52-26-10-27-53-86)75-99(94)108(101-73-80(74-102(110)105(101)107)109-97-61-34-36-63-103(97)111-104-64-37-35-62-98(104)109)79-41-38-60-90(72-79)112(81-42-16-5-17-43-81,82-44-18-6-19-45-82)83-46-20-7-21-47-83/h4-76H,1-3H3. The molecule has 0 saturated carbocycles. The summed E-state index contributed by atoms with van der Waals surface area (Å²) in [6, 6.07) is 169. The van der Waals surface area contributed by atoms with E-state index in [1.54, 1.807) is 0 Å². The molecule has 20 rings (SSSR count). The van der Waals surface area contributed by atoms with Crippen molar-refractivity contribution in [2.45, 2.75) is 26.2 Å². The Kier molecular flexibility index (Phi) is 17.6. The second-order valence-corrected chi connectivity index (χ2v) is 42.8. The third kappa shape index (κ3) is 11.4. The predicted molar refractivity (Wildman–Crippen MR) is 490 cm³/mol. The molecule has 0 fully saturated rings. The third-order valence-electron chi connectivity index (χ3n) is 24.2. The predicted octanol–water partition coefficient (Wildman–Crippen LogP) is 16.4. The Hall–Kier alpha value is -13.3. The van der Waals surface area contributed by atoms with Crippen molar-refractivity contribution in [1.82, 2.24) is 0 Å². The highest BCUT2D eigenvalue weighted by Gasteiger charge is 2.50. The molecule has 17 aromatic carbocycles. The molecule has 0 spiro atoms. The van der Waals surface area contributed by atoms with E-state index in [1.807, 2.05) is 0 Å². The van der Waals surface area contributed by atoms with Crippen LogP contribution in [0, 0.1) is 0 Å². The molecule has 0 bridgehead atoms. The van der Waals surface area contributed by atoms with Crippen LogP contribution in [0.1, 0.15) is 26.3 Å². The first kappa shape index (κ1) is 69.8. The Labute approximate surface area is 672 Å². The molecule has 0 radical (unpaired) electrons. The van der Waals surface area contributed by atoms with Crippen LogP contribution in [0.4, 0.5) is 51.2 Å². The molecule has 114 heavy (non-hydrogen) atoms. The number of para-hydroxylation sites is 4. The van der Waals surface area contributed by atoms with Gasteiger partial charge >= 0.3 is 0 Å². The minimum Gasteiger partial charge on any atom is -0.453 e. The van der Waals surface area contributed by atoms with Crippen LogP contribution >= 0.6 is 0 Å². The fourth-order valence-electron chi connectivity index (χ4n) is 19.2. The highest BCUT2D eigenvalue weighted by molar-refractivity contribution is 7.21. The highest BCUT2D eigenvalue weighted by Crippen LogP contribution is 2.54. The Bertz CT molecular complexity index is 6050. The Morgan fingerprint density at radius 1 is 0.228 bits per heavy atom. The number of anilines is 9. The van der Waals surface area contributed by atoms with E-state index in [0.717, 1.165) is 73.8 Å². The number of nitrogens with zero attached hydrogens (tertiary/aromatic N) is 3. The molecule has 3 heterocycles. The third-order valence-corrected chi connectivity index (χ3v) is 38.5. The average molecular weight is 1510 g/mol. The molecular weight excluding hydrogens is 1430 g/mol. The molecule has 0 amide bonds. The second-order valence-electron chi connectivity index (χ2n) is 31.4. The van der Waals surface area contributed by atoms with Crippen molar-refractivity contribution >= 4 is 161 Å². The number of hydrogen-bond acceptors (Lipinski definition) is 4. The summed E-state index contributed by atoms with van der Waals surface area (Å²) < 4.78 is 7.02. The van der Waals surface area contributed by atoms with Crippen molar-refractivity contribution < 1.29 is 4.74 Å². The fraction of sp³-hybridized carbons (Fsp3) is 0.0377. The fourth-order valence-corrected chi connectivity index (χ4v) is 33.5. The SMILES string of the molecule is CC(C)(C)c1ccc(N2c3cc([Si](c4ccccc4)(c4ccccc4)c4ccccc4)ccc3B3c4ccc([Si](c5ccccc5)(c5ccccc5)c5ccccc5)cc4N(c4cccc([Si](c5ccccc5)(c5ccccc5)c5ccccc5)c4)c4cc(N5c6ccccc6Oc6ccccc65)cc2c43)c(-c2ccccc2)c1. The number of ether oxygens (including phenoxy) is 1. The van der Waals surface area contributed by atoms with Gasteiger partial charge in [-0.05, 0) is 168 Å². The summed E-state index contributed by atoms with van der Waals surface area (Å²) in [5, 5.41) is 15.7. The molecule has 4 nitrogen and oxygen atoms in total. The second kappa shape index (κ2) is 28.8. The van der Waals surface area contributed by atoms with Gasteiger partial charge in [0, 0.05) is 34.0 Å². The average Bonchev–Trinajstić information content (AvgIpc) is 0.683. The van der Waals surface area contributed by atoms with Gasteiger partial charge in [0.25, 0.3) is 6.71 Å². The van der Waals surface area contributed by atoms with E-state index in [4.69, 9.17) is 4.74 Å². The lowest BCUT2D eigenvalue weighted by Crippen LogP contribution is -2.75. The molecule has 0 N–H and O–H groups in total. The molecule has 0 aliphatic carbocycles. The van der Waals surface area contributed by atoms with E-state index < -0.39 is 24.2 Å². The van der Waals surface area contributed by atoms with E-state index in [0.29, 0.717) is 0 Å². The van der Waals surface area contributed by atoms with Gasteiger partial charge in [0.1, 0.15) is 0 Å². The lowest BCUT2D eigenvalue weighted by atomic mass is 9.33. The molecule has 542 valence electrons. The van der Waals surface area contributed by atoms with Crippen LogP contribution in [0.15, 0.2) is 443 Å². The van der Waals surface area contributed by atoms with Gasteiger partial charge in [0.05, 0.1) is 22.7 Å². The van der Waals surface area contributed by atoms with Crippen molar-refractivity contribution in [2.24, 2.45) is 0 Å². The van der Waals surface area contributed by atoms with Gasteiger partial charge in [-0.2, -0.15) is 0 Å². The lowest BCUT2D eigenvalue weighted by molar-refractivity contribution is 0.477. The van der Waals surface area contributed by atoms with E-state index in [2.05, 4.69) is 478 Å². The van der Waals surface area contributed by atoms with E-state index in [-0.39, 0.29) is 12.1 Å². The monoisotopic (exact) mass is 1510 g/mol. The van der Waals surface area contributed by atoms with Crippen molar-refractivity contribution in [1.29, 1.82) is 0 Å². The first-order valence-corrected chi connectivity index (χ1v) is 45.7. The largest absolute Gasteiger partial charge is 0.453 e. The summed E-state index contributed by atoms with van der Waals surface area (Å²) in [7, 11) is -9.68. The van der Waals surface area contributed by atoms with Gasteiger partial charge in [0.15, 0.2) is 35.7 Å². The van der Waals surface area contributed by atoms with Crippen molar-refractivity contribution in [3.63, 3.8) is 0 Å². The zero-order chi connectivity index (χ0) is 76.4. The summed E-state index contributed by atoms with van der Waals surface area (Å²) in [4.78, 5) is 7.88. The highest BCUT2D eigenvalue weighted by atomic mass is 28.3. The van der Waals surface area contributed by atoms with Gasteiger partial charge < -0.3 is 19.4 Å². The van der Waals surface area contributed by atoms with Gasteiger partial charge in [-0.15, -0.1) is 0 Å². The normalized spacial score (nSPS) is 12.9. The maximum Gasteiger partial charge on any atom is 0.252 e. The lowest BCUT2D eigenvalue weighted by Gasteiger charge is -2.47. The van der Waals surface area contributed by atoms with Crippen LogP contribution < -0.4 is 98.1 Å². The molecule has 8 heteroatoms. The molecule has 17 aromatic rings. The van der Waals surface area contributed by atoms with Gasteiger partial charge in [-0.25, -0.2) is 0 Å². The van der Waals surface area contributed by atoms with Crippen molar-refractivity contribution in [2.75, 3.05) is 14.7 Å². The molecule has 3 aliphatic rings. The zero-order valence-electron chi connectivity index (χ0n) is 64.0. The Morgan fingerprint density at radius 3 is 0.921 bits per heavy atom. The van der Waals surface area contributed by atoms with Crippen LogP contribution in [0.3, 0.4) is 0 Å². The van der Waals surface area contributed by atoms with Gasteiger partial charge in [-0.1, -0.05) is 391 Å². The Balaban J connectivity index is 0.971. The number of benzene rings is 17. The minimum atomic E-state index is -3.26. The molecule has 0 unspecified atom stereocenters. The maximum atomic E-state index is 7.02. The van der Waals surface area contributed by atoms with E-state index in [9.17, 15) is 0 Å². The summed E-state index contributed by atoms with van der Waals surface area (Å²) in [5.74, 6) is 1.57. The van der Waals surface area contributed by atoms with E-state index >= 15 is 0 Å². The summed E-state index contributed by atoms with van der Waals surface area (Å²) in [6.07, 6.45) is 0. The Morgan fingerprint density at radius 2 is 0.544 bits per heavy atom. The molecule has 3 aliphatic heterocycles. The summed E-state index contributed by atoms with van der Waals surface area (Å²) in [5.41, 5.74) is 16.5. The van der Waals surface area contributed by atoms with Crippen molar-refractivity contribution in [3.05, 3.63) is 448 Å². The van der Waals surface area contributed by atoms with Crippen LogP contribution in [0.2, 0.25) is 0 Å². The number of fused-ring (bicyclic) bond motifs is 6. The minimum absolute atomic E-state index is 0.176. The van der Waals surface area contributed by atoms with E-state index in [1.165, 1.54) is 84.2 Å². The smallest absolute Gasteiger partial charge is 0.252 e. The summed E-state index contributed by atoms with van der Waals surface area (Å²) in [6.45, 7) is 6.72. The van der Waals surface area contributed by atoms with Gasteiger partial charge in [-0.3, -0.25) is 0 Å². The van der Waals surface area contributed by atoms with Gasteiger partial charge in [0.2, 0.25) is 0 Å². The molecule has 0 saturated heterocycles. The van der Waals surface area contributed by atoms with Crippen molar-refractivity contribution in [3.8, 4) is 22.6 Å². The van der Waals surface area contributed by atoms with Crippen LogP contribution in [0.5, 0.6) is 11.5 Å². The number of rotatable bonds is 16. The first-order valence-electron chi connectivity index (χ1n) is 39.7. The van der Waals surface area contributed by atoms with Crippen LogP contribution in [-0.4, -0.2) is 30.9 Å². The maximum absolute atomic E-state index is 7.02. The topological polar surface area (TPSA) is 19.0 Å².